The van der Waals surface area contributed by atoms with Crippen molar-refractivity contribution in [3.05, 3.63) is 29.3 Å². The van der Waals surface area contributed by atoms with Crippen LogP contribution in [-0.4, -0.2) is 23.1 Å². The minimum absolute atomic E-state index is 0.387. The molecule has 2 unspecified atom stereocenters. The molecule has 2 rings (SSSR count). The fraction of sp³-hybridized carbons (Fsp3) is 0.647. The van der Waals surface area contributed by atoms with Gasteiger partial charge in [-0.1, -0.05) is 25.3 Å². The molecule has 20 heavy (non-hydrogen) atoms. The Bertz CT molecular complexity index is 466. The highest BCUT2D eigenvalue weighted by Gasteiger charge is 2.24. The summed E-state index contributed by atoms with van der Waals surface area (Å²) in [5, 5.41) is 3.41. The summed E-state index contributed by atoms with van der Waals surface area (Å²) < 4.78 is 12.6. The molecule has 0 aromatic heterocycles. The van der Waals surface area contributed by atoms with E-state index >= 15 is 0 Å². The van der Waals surface area contributed by atoms with Gasteiger partial charge in [-0.05, 0) is 62.9 Å². The first-order valence-corrected chi connectivity index (χ1v) is 9.06. The molecule has 0 radical (unpaired) electrons. The van der Waals surface area contributed by atoms with Crippen molar-refractivity contribution >= 4 is 10.8 Å². The van der Waals surface area contributed by atoms with Crippen molar-refractivity contribution in [1.82, 2.24) is 5.32 Å². The summed E-state index contributed by atoms with van der Waals surface area (Å²) >= 11 is 0. The van der Waals surface area contributed by atoms with Gasteiger partial charge in [0.05, 0.1) is 10.8 Å². The van der Waals surface area contributed by atoms with Crippen LogP contribution in [0.1, 0.15) is 43.2 Å². The van der Waals surface area contributed by atoms with Crippen molar-refractivity contribution in [2.24, 2.45) is 5.92 Å². The second-order valence-electron chi connectivity index (χ2n) is 6.05. The van der Waals surface area contributed by atoms with Crippen molar-refractivity contribution < 1.29 is 4.21 Å². The zero-order valence-electron chi connectivity index (χ0n) is 12.9. The van der Waals surface area contributed by atoms with Gasteiger partial charge in [-0.15, -0.1) is 0 Å². The van der Waals surface area contributed by atoms with Crippen LogP contribution in [0.5, 0.6) is 0 Å². The normalized spacial score (nSPS) is 19.8. The van der Waals surface area contributed by atoms with Crippen LogP contribution in [0.15, 0.2) is 23.1 Å². The summed E-state index contributed by atoms with van der Waals surface area (Å²) in [4.78, 5) is 0.976. The third kappa shape index (κ3) is 3.92. The maximum absolute atomic E-state index is 12.6. The SMILES string of the molecule is CNC(CS(=O)c1ccc(C)c(C)c1)C1CCCCC1. The Balaban J connectivity index is 2.02. The Hall–Kier alpha value is -0.670. The van der Waals surface area contributed by atoms with E-state index < -0.39 is 10.8 Å². The van der Waals surface area contributed by atoms with E-state index in [0.29, 0.717) is 12.0 Å². The number of hydrogen-bond donors (Lipinski definition) is 1. The minimum atomic E-state index is -0.896. The fourth-order valence-corrected chi connectivity index (χ4v) is 4.59. The van der Waals surface area contributed by atoms with E-state index in [9.17, 15) is 4.21 Å². The molecule has 2 nitrogen and oxygen atoms in total. The lowest BCUT2D eigenvalue weighted by Gasteiger charge is -2.29. The summed E-state index contributed by atoms with van der Waals surface area (Å²) in [6, 6.07) is 6.57. The van der Waals surface area contributed by atoms with Gasteiger partial charge in [-0.2, -0.15) is 0 Å². The summed E-state index contributed by atoms with van der Waals surface area (Å²) in [5.74, 6) is 1.44. The lowest BCUT2D eigenvalue weighted by atomic mass is 9.84. The Morgan fingerprint density at radius 2 is 1.90 bits per heavy atom. The van der Waals surface area contributed by atoms with Gasteiger partial charge in [-0.3, -0.25) is 4.21 Å². The van der Waals surface area contributed by atoms with Crippen LogP contribution in [0, 0.1) is 19.8 Å². The second kappa shape index (κ2) is 7.37. The molecule has 2 atom stereocenters. The van der Waals surface area contributed by atoms with Gasteiger partial charge >= 0.3 is 0 Å². The first-order chi connectivity index (χ1) is 9.61. The van der Waals surface area contributed by atoms with Gasteiger partial charge in [0.1, 0.15) is 0 Å². The van der Waals surface area contributed by atoms with Gasteiger partial charge in [0, 0.05) is 16.7 Å². The van der Waals surface area contributed by atoms with Gasteiger partial charge < -0.3 is 5.32 Å². The Labute approximate surface area is 125 Å². The predicted molar refractivity (Wildman–Crippen MR) is 86.6 cm³/mol. The van der Waals surface area contributed by atoms with E-state index in [1.807, 2.05) is 13.1 Å². The molecule has 0 bridgehead atoms. The molecule has 0 aliphatic heterocycles. The highest BCUT2D eigenvalue weighted by molar-refractivity contribution is 7.85. The maximum Gasteiger partial charge on any atom is 0.0545 e. The Morgan fingerprint density at radius 1 is 1.20 bits per heavy atom. The second-order valence-corrected chi connectivity index (χ2v) is 7.55. The number of aryl methyl sites for hydroxylation is 2. The highest BCUT2D eigenvalue weighted by Crippen LogP contribution is 2.27. The number of nitrogens with one attached hydrogen (secondary N) is 1. The van der Waals surface area contributed by atoms with Crippen LogP contribution in [0.2, 0.25) is 0 Å². The van der Waals surface area contributed by atoms with E-state index in [1.54, 1.807) is 0 Å². The van der Waals surface area contributed by atoms with E-state index in [0.717, 1.165) is 10.6 Å². The molecule has 1 saturated carbocycles. The van der Waals surface area contributed by atoms with Crippen molar-refractivity contribution in [3.8, 4) is 0 Å². The first kappa shape index (κ1) is 15.7. The summed E-state index contributed by atoms with van der Waals surface area (Å²) in [6.45, 7) is 4.19. The smallest absolute Gasteiger partial charge is 0.0545 e. The molecule has 1 N–H and O–H groups in total. The van der Waals surface area contributed by atoms with Gasteiger partial charge in [-0.25, -0.2) is 0 Å². The summed E-state index contributed by atoms with van der Waals surface area (Å²) in [5.41, 5.74) is 2.50. The van der Waals surface area contributed by atoms with Gasteiger partial charge in [0.2, 0.25) is 0 Å². The number of benzene rings is 1. The third-order valence-corrected chi connectivity index (χ3v) is 6.10. The van der Waals surface area contributed by atoms with Crippen LogP contribution < -0.4 is 5.32 Å². The molecular weight excluding hydrogens is 266 g/mol. The highest BCUT2D eigenvalue weighted by atomic mass is 32.2. The maximum atomic E-state index is 12.6. The van der Waals surface area contributed by atoms with Crippen LogP contribution in [0.3, 0.4) is 0 Å². The lowest BCUT2D eigenvalue weighted by Crippen LogP contribution is -2.39. The zero-order valence-corrected chi connectivity index (χ0v) is 13.8. The van der Waals surface area contributed by atoms with Crippen molar-refractivity contribution in [1.29, 1.82) is 0 Å². The van der Waals surface area contributed by atoms with Crippen molar-refractivity contribution in [2.45, 2.75) is 56.9 Å². The summed E-state index contributed by atoms with van der Waals surface area (Å²) in [6.07, 6.45) is 6.61. The molecule has 0 amide bonds. The van der Waals surface area contributed by atoms with Crippen LogP contribution in [0.25, 0.3) is 0 Å². The molecule has 0 heterocycles. The molecule has 1 aromatic rings. The van der Waals surface area contributed by atoms with Crippen LogP contribution >= 0.6 is 0 Å². The molecule has 112 valence electrons. The van der Waals surface area contributed by atoms with Crippen LogP contribution in [-0.2, 0) is 10.8 Å². The van der Waals surface area contributed by atoms with Gasteiger partial charge in [0.15, 0.2) is 0 Å². The monoisotopic (exact) mass is 293 g/mol. The van der Waals surface area contributed by atoms with E-state index in [2.05, 4.69) is 31.3 Å². The molecule has 1 aliphatic carbocycles. The quantitative estimate of drug-likeness (QED) is 0.899. The van der Waals surface area contributed by atoms with E-state index in [1.165, 1.54) is 43.2 Å². The molecular formula is C17H27NOS. The lowest BCUT2D eigenvalue weighted by molar-refractivity contribution is 0.294. The average Bonchev–Trinajstić information content (AvgIpc) is 2.48. The van der Waals surface area contributed by atoms with Crippen molar-refractivity contribution in [2.75, 3.05) is 12.8 Å². The predicted octanol–water partition coefficient (Wildman–Crippen LogP) is 3.58. The van der Waals surface area contributed by atoms with E-state index in [-0.39, 0.29) is 0 Å². The molecule has 1 aliphatic rings. The molecule has 0 spiro atoms. The topological polar surface area (TPSA) is 29.1 Å². The zero-order chi connectivity index (χ0) is 14.5. The molecule has 1 aromatic carbocycles. The molecule has 0 saturated heterocycles. The number of rotatable bonds is 5. The standard InChI is InChI=1S/C17H27NOS/c1-13-9-10-16(11-14(13)2)20(19)12-17(18-3)15-7-5-4-6-8-15/h9-11,15,17-18H,4-8,12H2,1-3H3. The largest absolute Gasteiger partial charge is 0.316 e. The third-order valence-electron chi connectivity index (χ3n) is 4.66. The average molecular weight is 293 g/mol. The Kier molecular flexibility index (Phi) is 5.79. The van der Waals surface area contributed by atoms with Crippen LogP contribution in [0.4, 0.5) is 0 Å². The fourth-order valence-electron chi connectivity index (χ4n) is 3.11. The first-order valence-electron chi connectivity index (χ1n) is 7.74. The minimum Gasteiger partial charge on any atom is -0.316 e. The summed E-state index contributed by atoms with van der Waals surface area (Å²) in [7, 11) is 1.11. The van der Waals surface area contributed by atoms with Gasteiger partial charge in [0.25, 0.3) is 0 Å². The molecule has 1 fully saturated rings. The molecule has 3 heteroatoms. The Morgan fingerprint density at radius 3 is 2.50 bits per heavy atom. The van der Waals surface area contributed by atoms with E-state index in [4.69, 9.17) is 0 Å². The number of hydrogen-bond acceptors (Lipinski definition) is 2. The van der Waals surface area contributed by atoms with Crippen molar-refractivity contribution in [3.63, 3.8) is 0 Å².